The third kappa shape index (κ3) is 13.6. The number of esters is 2. The molecule has 0 radical (unpaired) electrons. The van der Waals surface area contributed by atoms with Crippen molar-refractivity contribution < 1.29 is 19.1 Å². The topological polar surface area (TPSA) is 52.6 Å². The van der Waals surface area contributed by atoms with E-state index in [0.29, 0.717) is 26.1 Å². The highest BCUT2D eigenvalue weighted by Gasteiger charge is 2.36. The number of allylic oxidation sites excluding steroid dienone is 2. The zero-order valence-corrected chi connectivity index (χ0v) is 20.4. The fraction of sp³-hybridized carbons (Fsp3) is 0.852. The van der Waals surface area contributed by atoms with Crippen molar-refractivity contribution in [3.8, 4) is 0 Å². The lowest BCUT2D eigenvalue weighted by atomic mass is 9.83. The lowest BCUT2D eigenvalue weighted by molar-refractivity contribution is -0.160. The summed E-state index contributed by atoms with van der Waals surface area (Å²) in [7, 11) is 0. The van der Waals surface area contributed by atoms with Gasteiger partial charge in [-0.1, -0.05) is 109 Å². The Kier molecular flexibility index (Phi) is 17.3. The van der Waals surface area contributed by atoms with E-state index in [1.165, 1.54) is 83.5 Å². The van der Waals surface area contributed by atoms with Crippen molar-refractivity contribution in [1.82, 2.24) is 0 Å². The van der Waals surface area contributed by atoms with Gasteiger partial charge in [0.25, 0.3) is 0 Å². The van der Waals surface area contributed by atoms with Gasteiger partial charge >= 0.3 is 11.9 Å². The first-order valence-electron chi connectivity index (χ1n) is 13.2. The van der Waals surface area contributed by atoms with E-state index in [1.54, 1.807) is 6.92 Å². The summed E-state index contributed by atoms with van der Waals surface area (Å²) in [6.45, 7) is 4.88. The molecule has 4 heteroatoms. The number of ether oxygens (including phenoxy) is 2. The van der Waals surface area contributed by atoms with Gasteiger partial charge in [0, 0.05) is 0 Å². The van der Waals surface area contributed by atoms with Crippen LogP contribution in [0, 0.1) is 11.8 Å². The van der Waals surface area contributed by atoms with Gasteiger partial charge in [0.05, 0.1) is 25.0 Å². The summed E-state index contributed by atoms with van der Waals surface area (Å²) in [6.07, 6.45) is 24.9. The van der Waals surface area contributed by atoms with Gasteiger partial charge in [-0.25, -0.2) is 0 Å². The predicted molar refractivity (Wildman–Crippen MR) is 128 cm³/mol. The predicted octanol–water partition coefficient (Wildman–Crippen LogP) is 7.55. The Hall–Kier alpha value is -1.32. The number of carbonyl (C=O) groups excluding carboxylic acids is 2. The molecular weight excluding hydrogens is 388 g/mol. The molecule has 2 unspecified atom stereocenters. The normalized spacial score (nSPS) is 18.1. The summed E-state index contributed by atoms with van der Waals surface area (Å²) in [5.74, 6) is -1.30. The number of hydrogen-bond donors (Lipinski definition) is 0. The minimum Gasteiger partial charge on any atom is -0.466 e. The SMILES string of the molecule is CCCCCCCCCCCCCCCCCOC(=O)C1CC=CCC1C(=O)OCC. The standard InChI is InChI=1S/C27H48O4/c1-3-5-6-7-8-9-10-11-12-13-14-15-16-17-20-23-31-27(29)25-22-19-18-21-24(25)26(28)30-4-2/h18-19,24-25H,3-17,20-23H2,1-2H3. The van der Waals surface area contributed by atoms with Crippen LogP contribution < -0.4 is 0 Å². The zero-order valence-electron chi connectivity index (χ0n) is 20.4. The largest absolute Gasteiger partial charge is 0.466 e. The van der Waals surface area contributed by atoms with E-state index in [0.717, 1.165) is 12.8 Å². The van der Waals surface area contributed by atoms with Crippen LogP contribution >= 0.6 is 0 Å². The van der Waals surface area contributed by atoms with Crippen LogP contribution in [-0.2, 0) is 19.1 Å². The monoisotopic (exact) mass is 436 g/mol. The van der Waals surface area contributed by atoms with Crippen LogP contribution in [0.5, 0.6) is 0 Å². The van der Waals surface area contributed by atoms with Gasteiger partial charge < -0.3 is 9.47 Å². The highest BCUT2D eigenvalue weighted by Crippen LogP contribution is 2.28. The number of hydrogen-bond acceptors (Lipinski definition) is 4. The molecule has 180 valence electrons. The molecule has 1 aliphatic carbocycles. The van der Waals surface area contributed by atoms with Gasteiger partial charge in [-0.3, -0.25) is 9.59 Å². The first kappa shape index (κ1) is 27.7. The summed E-state index contributed by atoms with van der Waals surface area (Å²) in [4.78, 5) is 24.5. The first-order chi connectivity index (χ1) is 15.2. The Morgan fingerprint density at radius 1 is 0.613 bits per heavy atom. The molecular formula is C27H48O4. The van der Waals surface area contributed by atoms with Crippen LogP contribution in [0.3, 0.4) is 0 Å². The van der Waals surface area contributed by atoms with E-state index < -0.39 is 5.92 Å². The van der Waals surface area contributed by atoms with Crippen molar-refractivity contribution in [1.29, 1.82) is 0 Å². The van der Waals surface area contributed by atoms with Crippen molar-refractivity contribution in [2.45, 2.75) is 123 Å². The molecule has 0 bridgehead atoms. The number of unbranched alkanes of at least 4 members (excludes halogenated alkanes) is 14. The highest BCUT2D eigenvalue weighted by atomic mass is 16.5. The molecule has 1 aliphatic rings. The lowest BCUT2D eigenvalue weighted by Crippen LogP contribution is -2.33. The second kappa shape index (κ2) is 19.4. The molecule has 0 saturated carbocycles. The molecule has 0 heterocycles. The fourth-order valence-electron chi connectivity index (χ4n) is 4.34. The molecule has 31 heavy (non-hydrogen) atoms. The third-order valence-electron chi connectivity index (χ3n) is 6.32. The number of rotatable bonds is 19. The molecule has 0 N–H and O–H groups in total. The molecule has 0 aromatic rings. The summed E-state index contributed by atoms with van der Waals surface area (Å²) in [5.41, 5.74) is 0. The Balaban J connectivity index is 1.94. The maximum atomic E-state index is 12.4. The maximum absolute atomic E-state index is 12.4. The smallest absolute Gasteiger partial charge is 0.310 e. The molecule has 0 fully saturated rings. The fourth-order valence-corrected chi connectivity index (χ4v) is 4.34. The van der Waals surface area contributed by atoms with Crippen LogP contribution in [0.1, 0.15) is 123 Å². The van der Waals surface area contributed by atoms with Crippen LogP contribution in [0.15, 0.2) is 12.2 Å². The van der Waals surface area contributed by atoms with Gasteiger partial charge in [0.15, 0.2) is 0 Å². The van der Waals surface area contributed by atoms with Crippen LogP contribution in [0.25, 0.3) is 0 Å². The van der Waals surface area contributed by atoms with E-state index in [1.807, 2.05) is 12.2 Å². The maximum Gasteiger partial charge on any atom is 0.310 e. The molecule has 0 spiro atoms. The average molecular weight is 437 g/mol. The van der Waals surface area contributed by atoms with Crippen molar-refractivity contribution in [2.24, 2.45) is 11.8 Å². The van der Waals surface area contributed by atoms with Crippen molar-refractivity contribution in [2.75, 3.05) is 13.2 Å². The van der Waals surface area contributed by atoms with Crippen LogP contribution in [0.2, 0.25) is 0 Å². The van der Waals surface area contributed by atoms with Crippen molar-refractivity contribution in [3.63, 3.8) is 0 Å². The molecule has 0 aromatic carbocycles. The Bertz CT molecular complexity index is 486. The van der Waals surface area contributed by atoms with Crippen LogP contribution in [0.4, 0.5) is 0 Å². The van der Waals surface area contributed by atoms with E-state index in [9.17, 15) is 9.59 Å². The van der Waals surface area contributed by atoms with Gasteiger partial charge in [0.2, 0.25) is 0 Å². The average Bonchev–Trinajstić information content (AvgIpc) is 2.78. The van der Waals surface area contributed by atoms with Crippen molar-refractivity contribution >= 4 is 11.9 Å². The minimum atomic E-state index is -0.390. The van der Waals surface area contributed by atoms with Gasteiger partial charge in [-0.15, -0.1) is 0 Å². The third-order valence-corrected chi connectivity index (χ3v) is 6.32. The highest BCUT2D eigenvalue weighted by molar-refractivity contribution is 5.82. The summed E-state index contributed by atoms with van der Waals surface area (Å²) in [5, 5.41) is 0. The second-order valence-electron chi connectivity index (χ2n) is 9.03. The Morgan fingerprint density at radius 2 is 1.00 bits per heavy atom. The molecule has 4 nitrogen and oxygen atoms in total. The second-order valence-corrected chi connectivity index (χ2v) is 9.03. The van der Waals surface area contributed by atoms with E-state index >= 15 is 0 Å². The van der Waals surface area contributed by atoms with Crippen molar-refractivity contribution in [3.05, 3.63) is 12.2 Å². The van der Waals surface area contributed by atoms with Crippen LogP contribution in [-0.4, -0.2) is 25.2 Å². The molecule has 0 amide bonds. The molecule has 0 aromatic heterocycles. The summed E-state index contributed by atoms with van der Waals surface area (Å²) >= 11 is 0. The van der Waals surface area contributed by atoms with E-state index in [2.05, 4.69) is 6.92 Å². The Morgan fingerprint density at radius 3 is 1.42 bits per heavy atom. The molecule has 1 rings (SSSR count). The van der Waals surface area contributed by atoms with E-state index in [-0.39, 0.29) is 17.9 Å². The van der Waals surface area contributed by atoms with Gasteiger partial charge in [-0.05, 0) is 26.2 Å². The summed E-state index contributed by atoms with van der Waals surface area (Å²) in [6, 6.07) is 0. The zero-order chi connectivity index (χ0) is 22.6. The minimum absolute atomic E-state index is 0.243. The van der Waals surface area contributed by atoms with E-state index in [4.69, 9.17) is 9.47 Å². The quantitative estimate of drug-likeness (QED) is 0.119. The molecule has 0 saturated heterocycles. The van der Waals surface area contributed by atoms with Gasteiger partial charge in [0.1, 0.15) is 0 Å². The summed E-state index contributed by atoms with van der Waals surface area (Å²) < 4.78 is 10.6. The molecule has 0 aliphatic heterocycles. The number of carbonyl (C=O) groups is 2. The lowest BCUT2D eigenvalue weighted by Gasteiger charge is -2.25. The molecule has 2 atom stereocenters. The first-order valence-corrected chi connectivity index (χ1v) is 13.2. The van der Waals surface area contributed by atoms with Gasteiger partial charge in [-0.2, -0.15) is 0 Å². The Labute approximate surface area is 191 Å².